The lowest BCUT2D eigenvalue weighted by Gasteiger charge is -2.07. The van der Waals surface area contributed by atoms with Crippen molar-refractivity contribution < 1.29 is 14.3 Å². The Kier molecular flexibility index (Phi) is 5.98. The summed E-state index contributed by atoms with van der Waals surface area (Å²) in [7, 11) is 1.60. The number of halogens is 1. The first-order valence-corrected chi connectivity index (χ1v) is 10.4. The minimum Gasteiger partial charge on any atom is -0.437 e. The SMILES string of the molecule is COCCNC(=O)c1cc(-n2ncc3cc(Oc4ccccc4Cl)ncc32)c(C)s1. The second kappa shape index (κ2) is 8.83. The summed E-state index contributed by atoms with van der Waals surface area (Å²) in [4.78, 5) is 18.3. The number of amides is 1. The molecule has 0 spiro atoms. The van der Waals surface area contributed by atoms with E-state index < -0.39 is 0 Å². The first-order valence-electron chi connectivity index (χ1n) is 9.21. The summed E-state index contributed by atoms with van der Waals surface area (Å²) in [6, 6.07) is 10.9. The van der Waals surface area contributed by atoms with Gasteiger partial charge in [0, 0.05) is 30.0 Å². The van der Waals surface area contributed by atoms with E-state index in [9.17, 15) is 4.79 Å². The van der Waals surface area contributed by atoms with E-state index in [1.54, 1.807) is 36.3 Å². The Morgan fingerprint density at radius 2 is 2.10 bits per heavy atom. The zero-order valence-electron chi connectivity index (χ0n) is 16.4. The lowest BCUT2D eigenvalue weighted by Crippen LogP contribution is -2.26. The predicted molar refractivity (Wildman–Crippen MR) is 117 cm³/mol. The van der Waals surface area contributed by atoms with Crippen LogP contribution in [0.5, 0.6) is 11.6 Å². The second-order valence-corrected chi connectivity index (χ2v) is 8.13. The molecule has 1 N–H and O–H groups in total. The van der Waals surface area contributed by atoms with Gasteiger partial charge in [-0.15, -0.1) is 11.3 Å². The lowest BCUT2D eigenvalue weighted by molar-refractivity contribution is 0.0941. The Balaban J connectivity index is 1.60. The molecule has 0 saturated heterocycles. The van der Waals surface area contributed by atoms with Crippen molar-refractivity contribution in [3.63, 3.8) is 0 Å². The number of fused-ring (bicyclic) bond motifs is 1. The molecular weight excluding hydrogens is 424 g/mol. The monoisotopic (exact) mass is 442 g/mol. The third-order valence-corrected chi connectivity index (χ3v) is 5.77. The topological polar surface area (TPSA) is 78.3 Å². The highest BCUT2D eigenvalue weighted by Crippen LogP contribution is 2.31. The van der Waals surface area contributed by atoms with E-state index in [0.29, 0.717) is 34.7 Å². The zero-order valence-corrected chi connectivity index (χ0v) is 18.0. The van der Waals surface area contributed by atoms with Crippen LogP contribution in [-0.4, -0.2) is 40.9 Å². The molecule has 0 aliphatic heterocycles. The van der Waals surface area contributed by atoms with Crippen LogP contribution >= 0.6 is 22.9 Å². The van der Waals surface area contributed by atoms with Gasteiger partial charge in [0.25, 0.3) is 5.91 Å². The molecule has 1 amide bonds. The number of carbonyl (C=O) groups is 1. The maximum absolute atomic E-state index is 12.3. The molecule has 0 fully saturated rings. The Bertz CT molecular complexity index is 1200. The molecule has 0 atom stereocenters. The molecule has 0 unspecified atom stereocenters. The molecule has 30 heavy (non-hydrogen) atoms. The molecule has 3 heterocycles. The summed E-state index contributed by atoms with van der Waals surface area (Å²) < 4.78 is 12.5. The van der Waals surface area contributed by atoms with Crippen LogP contribution in [0.1, 0.15) is 14.5 Å². The number of nitrogens with one attached hydrogen (secondary N) is 1. The summed E-state index contributed by atoms with van der Waals surface area (Å²) >= 11 is 7.57. The molecule has 0 aliphatic rings. The van der Waals surface area contributed by atoms with Crippen molar-refractivity contribution in [1.29, 1.82) is 0 Å². The van der Waals surface area contributed by atoms with Gasteiger partial charge in [-0.1, -0.05) is 23.7 Å². The molecule has 7 nitrogen and oxygen atoms in total. The predicted octanol–water partition coefficient (Wildman–Crippen LogP) is 4.61. The molecule has 3 aromatic heterocycles. The van der Waals surface area contributed by atoms with Gasteiger partial charge >= 0.3 is 0 Å². The molecule has 0 bridgehead atoms. The number of rotatable bonds is 7. The van der Waals surface area contributed by atoms with Gasteiger partial charge in [0.1, 0.15) is 5.75 Å². The quantitative estimate of drug-likeness (QED) is 0.423. The summed E-state index contributed by atoms with van der Waals surface area (Å²) in [5.41, 5.74) is 1.65. The molecule has 0 radical (unpaired) electrons. The van der Waals surface area contributed by atoms with Gasteiger partial charge < -0.3 is 14.8 Å². The molecule has 9 heteroatoms. The number of hydrogen-bond acceptors (Lipinski definition) is 6. The lowest BCUT2D eigenvalue weighted by atomic mass is 10.3. The first-order chi connectivity index (χ1) is 14.6. The van der Waals surface area contributed by atoms with Crippen LogP contribution in [0.4, 0.5) is 0 Å². The Morgan fingerprint density at radius 1 is 1.27 bits per heavy atom. The van der Waals surface area contributed by atoms with Gasteiger partial charge in [-0.2, -0.15) is 5.10 Å². The van der Waals surface area contributed by atoms with Gasteiger partial charge in [-0.05, 0) is 25.1 Å². The number of para-hydroxylation sites is 1. The highest BCUT2D eigenvalue weighted by Gasteiger charge is 2.16. The van der Waals surface area contributed by atoms with Crippen LogP contribution in [0.25, 0.3) is 16.6 Å². The summed E-state index contributed by atoms with van der Waals surface area (Å²) in [5, 5.41) is 8.70. The first kappa shape index (κ1) is 20.3. The van der Waals surface area contributed by atoms with Crippen molar-refractivity contribution in [3.8, 4) is 17.3 Å². The number of aromatic nitrogens is 3. The third-order valence-electron chi connectivity index (χ3n) is 4.42. The van der Waals surface area contributed by atoms with Crippen molar-refractivity contribution >= 4 is 39.7 Å². The number of ether oxygens (including phenoxy) is 2. The Hall–Kier alpha value is -2.94. The molecule has 0 aliphatic carbocycles. The zero-order chi connectivity index (χ0) is 21.1. The smallest absolute Gasteiger partial charge is 0.261 e. The summed E-state index contributed by atoms with van der Waals surface area (Å²) in [6.45, 7) is 2.89. The van der Waals surface area contributed by atoms with Crippen molar-refractivity contribution in [1.82, 2.24) is 20.1 Å². The van der Waals surface area contributed by atoms with E-state index in [1.807, 2.05) is 31.2 Å². The average molecular weight is 443 g/mol. The minimum atomic E-state index is -0.128. The molecule has 0 saturated carbocycles. The largest absolute Gasteiger partial charge is 0.437 e. The van der Waals surface area contributed by atoms with Gasteiger partial charge in [0.15, 0.2) is 0 Å². The standard InChI is InChI=1S/C21H19ClN4O3S/c1-13-16(10-19(30-13)21(27)23-7-8-28-2)26-17-12-24-20(9-14(17)11-25-26)29-18-6-4-3-5-15(18)22/h3-6,9-12H,7-8H2,1-2H3,(H,23,27). The number of nitrogens with zero attached hydrogens (tertiary/aromatic N) is 3. The van der Waals surface area contributed by atoms with Gasteiger partial charge in [-0.25, -0.2) is 9.67 Å². The Morgan fingerprint density at radius 3 is 2.90 bits per heavy atom. The fraction of sp³-hybridized carbons (Fsp3) is 0.190. The van der Waals surface area contributed by atoms with Crippen LogP contribution in [0.2, 0.25) is 5.02 Å². The van der Waals surface area contributed by atoms with Crippen LogP contribution in [0, 0.1) is 6.92 Å². The van der Waals surface area contributed by atoms with E-state index >= 15 is 0 Å². The molecule has 154 valence electrons. The van der Waals surface area contributed by atoms with Crippen LogP contribution < -0.4 is 10.1 Å². The summed E-state index contributed by atoms with van der Waals surface area (Å²) in [6.07, 6.45) is 3.44. The molecule has 4 aromatic rings. The van der Waals surface area contributed by atoms with Crippen molar-refractivity contribution in [3.05, 3.63) is 63.6 Å². The number of pyridine rings is 1. The fourth-order valence-electron chi connectivity index (χ4n) is 2.94. The van der Waals surface area contributed by atoms with Crippen LogP contribution in [0.3, 0.4) is 0 Å². The molecule has 4 rings (SSSR count). The van der Waals surface area contributed by atoms with Gasteiger partial charge in [0.05, 0.1) is 40.1 Å². The van der Waals surface area contributed by atoms with Crippen molar-refractivity contribution in [2.75, 3.05) is 20.3 Å². The third kappa shape index (κ3) is 4.16. The van der Waals surface area contributed by atoms with Crippen LogP contribution in [0.15, 0.2) is 48.8 Å². The van der Waals surface area contributed by atoms with E-state index in [2.05, 4.69) is 15.4 Å². The minimum absolute atomic E-state index is 0.128. The number of carbonyl (C=O) groups excluding carboxylic acids is 1. The van der Waals surface area contributed by atoms with Crippen molar-refractivity contribution in [2.45, 2.75) is 6.92 Å². The van der Waals surface area contributed by atoms with Crippen molar-refractivity contribution in [2.24, 2.45) is 0 Å². The highest BCUT2D eigenvalue weighted by molar-refractivity contribution is 7.14. The normalized spacial score (nSPS) is 11.0. The maximum atomic E-state index is 12.3. The van der Waals surface area contributed by atoms with E-state index in [4.69, 9.17) is 21.1 Å². The number of hydrogen-bond donors (Lipinski definition) is 1. The summed E-state index contributed by atoms with van der Waals surface area (Å²) in [5.74, 6) is 0.836. The Labute approximate surface area is 182 Å². The van der Waals surface area contributed by atoms with Gasteiger partial charge in [0.2, 0.25) is 5.88 Å². The van der Waals surface area contributed by atoms with E-state index in [-0.39, 0.29) is 5.91 Å². The fourth-order valence-corrected chi connectivity index (χ4v) is 4.03. The average Bonchev–Trinajstić information content (AvgIpc) is 3.32. The number of thiophene rings is 1. The van der Waals surface area contributed by atoms with E-state index in [1.165, 1.54) is 11.3 Å². The second-order valence-electron chi connectivity index (χ2n) is 6.47. The van der Waals surface area contributed by atoms with Crippen LogP contribution in [-0.2, 0) is 4.74 Å². The number of methoxy groups -OCH3 is 1. The highest BCUT2D eigenvalue weighted by atomic mass is 35.5. The maximum Gasteiger partial charge on any atom is 0.261 e. The van der Waals surface area contributed by atoms with E-state index in [0.717, 1.165) is 21.5 Å². The molecule has 1 aromatic carbocycles. The molecular formula is C21H19ClN4O3S. The van der Waals surface area contributed by atoms with Gasteiger partial charge in [-0.3, -0.25) is 4.79 Å². The number of benzene rings is 1. The number of aryl methyl sites for hydroxylation is 1.